The van der Waals surface area contributed by atoms with Crippen molar-refractivity contribution in [1.82, 2.24) is 0 Å². The van der Waals surface area contributed by atoms with Gasteiger partial charge in [-0.1, -0.05) is 100 Å². The lowest BCUT2D eigenvalue weighted by Crippen LogP contribution is -2.01. The Labute approximate surface area is 124 Å². The molecule has 0 aromatic heterocycles. The van der Waals surface area contributed by atoms with Crippen molar-refractivity contribution in [1.29, 1.82) is 0 Å². The SMILES string of the molecule is CCCCCCCCCCCCC(CBr)CCC. The third-order valence-corrected chi connectivity index (χ3v) is 4.80. The van der Waals surface area contributed by atoms with Crippen LogP contribution in [0.3, 0.4) is 0 Å². The van der Waals surface area contributed by atoms with E-state index in [-0.39, 0.29) is 0 Å². The largest absolute Gasteiger partial charge is 0.0925 e. The van der Waals surface area contributed by atoms with E-state index in [4.69, 9.17) is 0 Å². The van der Waals surface area contributed by atoms with Gasteiger partial charge >= 0.3 is 0 Å². The molecule has 0 aromatic rings. The third-order valence-electron chi connectivity index (χ3n) is 3.88. The summed E-state index contributed by atoms with van der Waals surface area (Å²) in [5.41, 5.74) is 0. The lowest BCUT2D eigenvalue weighted by Gasteiger charge is -2.12. The van der Waals surface area contributed by atoms with Crippen LogP contribution in [0.1, 0.15) is 97.3 Å². The number of hydrogen-bond acceptors (Lipinski definition) is 0. The van der Waals surface area contributed by atoms with Crippen molar-refractivity contribution in [2.45, 2.75) is 97.3 Å². The maximum Gasteiger partial charge on any atom is 0.00596 e. The number of hydrogen-bond donors (Lipinski definition) is 0. The fraction of sp³-hybridized carbons (Fsp3) is 1.00. The topological polar surface area (TPSA) is 0 Å². The van der Waals surface area contributed by atoms with Gasteiger partial charge in [0.1, 0.15) is 0 Å². The van der Waals surface area contributed by atoms with Gasteiger partial charge < -0.3 is 0 Å². The quantitative estimate of drug-likeness (QED) is 0.236. The van der Waals surface area contributed by atoms with Gasteiger partial charge in [0.15, 0.2) is 0 Å². The summed E-state index contributed by atoms with van der Waals surface area (Å²) in [6.07, 6.45) is 18.7. The van der Waals surface area contributed by atoms with E-state index in [1.807, 2.05) is 0 Å². The van der Waals surface area contributed by atoms with E-state index in [1.165, 1.54) is 88.8 Å². The molecule has 0 aliphatic heterocycles. The highest BCUT2D eigenvalue weighted by atomic mass is 79.9. The van der Waals surface area contributed by atoms with Crippen LogP contribution in [0.4, 0.5) is 0 Å². The van der Waals surface area contributed by atoms with Gasteiger partial charge in [-0.3, -0.25) is 0 Å². The molecule has 0 rings (SSSR count). The van der Waals surface area contributed by atoms with Crippen molar-refractivity contribution in [2.75, 3.05) is 5.33 Å². The molecular formula is C17H35Br. The molecule has 0 saturated carbocycles. The third kappa shape index (κ3) is 12.9. The first-order valence-electron chi connectivity index (χ1n) is 8.41. The van der Waals surface area contributed by atoms with Crippen LogP contribution in [-0.2, 0) is 0 Å². The molecule has 0 nitrogen and oxygen atoms in total. The van der Waals surface area contributed by atoms with Crippen LogP contribution in [0.5, 0.6) is 0 Å². The molecule has 1 atom stereocenters. The van der Waals surface area contributed by atoms with Gasteiger partial charge in [-0.15, -0.1) is 0 Å². The molecule has 0 spiro atoms. The maximum atomic E-state index is 3.64. The Morgan fingerprint density at radius 2 is 1.11 bits per heavy atom. The molecule has 0 aromatic carbocycles. The van der Waals surface area contributed by atoms with Crippen molar-refractivity contribution in [3.8, 4) is 0 Å². The van der Waals surface area contributed by atoms with E-state index in [0.717, 1.165) is 5.92 Å². The zero-order valence-corrected chi connectivity index (χ0v) is 14.4. The zero-order chi connectivity index (χ0) is 13.5. The molecule has 0 amide bonds. The highest BCUT2D eigenvalue weighted by molar-refractivity contribution is 9.09. The van der Waals surface area contributed by atoms with E-state index in [2.05, 4.69) is 29.8 Å². The Morgan fingerprint density at radius 1 is 0.611 bits per heavy atom. The molecule has 1 heteroatoms. The summed E-state index contributed by atoms with van der Waals surface area (Å²) in [4.78, 5) is 0. The average Bonchev–Trinajstić information content (AvgIpc) is 2.39. The molecule has 0 saturated heterocycles. The minimum absolute atomic E-state index is 0.934. The molecule has 0 bridgehead atoms. The van der Waals surface area contributed by atoms with Crippen LogP contribution < -0.4 is 0 Å². The smallest absolute Gasteiger partial charge is 0.00596 e. The first-order chi connectivity index (χ1) is 8.85. The summed E-state index contributed by atoms with van der Waals surface area (Å²) in [5.74, 6) is 0.934. The van der Waals surface area contributed by atoms with Crippen molar-refractivity contribution < 1.29 is 0 Å². The summed E-state index contributed by atoms with van der Waals surface area (Å²) >= 11 is 3.64. The van der Waals surface area contributed by atoms with Crippen LogP contribution in [-0.4, -0.2) is 5.33 Å². The van der Waals surface area contributed by atoms with Crippen LogP contribution in [0.15, 0.2) is 0 Å². The molecular weight excluding hydrogens is 284 g/mol. The minimum atomic E-state index is 0.934. The highest BCUT2D eigenvalue weighted by Gasteiger charge is 2.04. The number of alkyl halides is 1. The Hall–Kier alpha value is 0.480. The first-order valence-corrected chi connectivity index (χ1v) is 9.53. The van der Waals surface area contributed by atoms with Gasteiger partial charge in [0.2, 0.25) is 0 Å². The molecule has 0 N–H and O–H groups in total. The minimum Gasteiger partial charge on any atom is -0.0925 e. The van der Waals surface area contributed by atoms with Gasteiger partial charge in [0.05, 0.1) is 0 Å². The highest BCUT2D eigenvalue weighted by Crippen LogP contribution is 2.19. The van der Waals surface area contributed by atoms with Crippen LogP contribution in [0.25, 0.3) is 0 Å². The number of halogens is 1. The maximum absolute atomic E-state index is 3.64. The molecule has 0 radical (unpaired) electrons. The Balaban J connectivity index is 3.10. The predicted octanol–water partition coefficient (Wildman–Crippen LogP) is 7.11. The van der Waals surface area contributed by atoms with Crippen molar-refractivity contribution >= 4 is 15.9 Å². The molecule has 1 unspecified atom stereocenters. The van der Waals surface area contributed by atoms with Crippen molar-refractivity contribution in [2.24, 2.45) is 5.92 Å². The monoisotopic (exact) mass is 318 g/mol. The lowest BCUT2D eigenvalue weighted by molar-refractivity contribution is 0.458. The molecule has 0 fully saturated rings. The second-order valence-corrected chi connectivity index (χ2v) is 6.43. The lowest BCUT2D eigenvalue weighted by atomic mass is 9.98. The fourth-order valence-corrected chi connectivity index (χ4v) is 3.27. The number of unbranched alkanes of at least 4 members (excludes halogenated alkanes) is 9. The van der Waals surface area contributed by atoms with Gasteiger partial charge in [-0.2, -0.15) is 0 Å². The Bertz CT molecular complexity index is 145. The molecule has 110 valence electrons. The molecule has 0 aliphatic rings. The van der Waals surface area contributed by atoms with E-state index < -0.39 is 0 Å². The molecule has 0 aliphatic carbocycles. The first kappa shape index (κ1) is 18.5. The Morgan fingerprint density at radius 3 is 1.56 bits per heavy atom. The second kappa shape index (κ2) is 15.5. The normalized spacial score (nSPS) is 12.8. The van der Waals surface area contributed by atoms with Crippen molar-refractivity contribution in [3.63, 3.8) is 0 Å². The van der Waals surface area contributed by atoms with Crippen molar-refractivity contribution in [3.05, 3.63) is 0 Å². The average molecular weight is 319 g/mol. The van der Waals surface area contributed by atoms with Crippen LogP contribution >= 0.6 is 15.9 Å². The van der Waals surface area contributed by atoms with Gasteiger partial charge in [0.25, 0.3) is 0 Å². The Kier molecular flexibility index (Phi) is 16.0. The van der Waals surface area contributed by atoms with E-state index in [9.17, 15) is 0 Å². The summed E-state index contributed by atoms with van der Waals surface area (Å²) in [7, 11) is 0. The van der Waals surface area contributed by atoms with Gasteiger partial charge in [-0.25, -0.2) is 0 Å². The molecule has 18 heavy (non-hydrogen) atoms. The second-order valence-electron chi connectivity index (χ2n) is 5.78. The summed E-state index contributed by atoms with van der Waals surface area (Å²) in [6, 6.07) is 0. The predicted molar refractivity (Wildman–Crippen MR) is 88.7 cm³/mol. The van der Waals surface area contributed by atoms with Gasteiger partial charge in [0, 0.05) is 5.33 Å². The number of rotatable bonds is 14. The fourth-order valence-electron chi connectivity index (χ4n) is 2.63. The standard InChI is InChI=1S/C17H35Br/c1-3-5-6-7-8-9-10-11-12-13-15-17(16-18)14-4-2/h17H,3-16H2,1-2H3. The van der Waals surface area contributed by atoms with E-state index in [1.54, 1.807) is 0 Å². The molecule has 0 heterocycles. The summed E-state index contributed by atoms with van der Waals surface area (Å²) in [5, 5.41) is 1.21. The summed E-state index contributed by atoms with van der Waals surface area (Å²) < 4.78 is 0. The van der Waals surface area contributed by atoms with Gasteiger partial charge in [-0.05, 0) is 18.8 Å². The van der Waals surface area contributed by atoms with Crippen LogP contribution in [0, 0.1) is 5.92 Å². The zero-order valence-electron chi connectivity index (χ0n) is 12.9. The summed E-state index contributed by atoms with van der Waals surface area (Å²) in [6.45, 7) is 4.59. The van der Waals surface area contributed by atoms with Crippen LogP contribution in [0.2, 0.25) is 0 Å². The van der Waals surface area contributed by atoms with E-state index in [0.29, 0.717) is 0 Å². The van der Waals surface area contributed by atoms with E-state index >= 15 is 0 Å².